The molecule has 0 aromatic heterocycles. The first-order valence-electron chi connectivity index (χ1n) is 6.36. The third kappa shape index (κ3) is 3.70. The van der Waals surface area contributed by atoms with E-state index in [1.807, 2.05) is 24.3 Å². The summed E-state index contributed by atoms with van der Waals surface area (Å²) in [5.41, 5.74) is 0.591. The lowest BCUT2D eigenvalue weighted by atomic mass is 9.85. The summed E-state index contributed by atoms with van der Waals surface area (Å²) in [6, 6.07) is 7.83. The predicted octanol–water partition coefficient (Wildman–Crippen LogP) is 3.12. The maximum atomic E-state index is 10.3. The molecule has 94 valence electrons. The molecule has 0 heterocycles. The first-order chi connectivity index (χ1) is 8.20. The van der Waals surface area contributed by atoms with Gasteiger partial charge in [-0.3, -0.25) is 0 Å². The molecule has 0 aliphatic heterocycles. The van der Waals surface area contributed by atoms with Crippen LogP contribution in [-0.2, 0) is 6.54 Å². The lowest BCUT2D eigenvalue weighted by Crippen LogP contribution is -2.41. The van der Waals surface area contributed by atoms with E-state index in [4.69, 9.17) is 11.6 Å². The van der Waals surface area contributed by atoms with Crippen LogP contribution in [0.2, 0.25) is 5.02 Å². The van der Waals surface area contributed by atoms with Gasteiger partial charge in [-0.15, -0.1) is 0 Å². The molecule has 0 radical (unpaired) electrons. The highest BCUT2D eigenvalue weighted by Crippen LogP contribution is 2.27. The van der Waals surface area contributed by atoms with Crippen LogP contribution in [0.4, 0.5) is 0 Å². The molecular formula is C14H20ClNO. The molecule has 0 saturated heterocycles. The van der Waals surface area contributed by atoms with E-state index in [-0.39, 0.29) is 0 Å². The molecule has 3 heteroatoms. The van der Waals surface area contributed by atoms with E-state index in [0.29, 0.717) is 6.54 Å². The summed E-state index contributed by atoms with van der Waals surface area (Å²) in [5, 5.41) is 14.4. The predicted molar refractivity (Wildman–Crippen MR) is 71.2 cm³/mol. The number of nitrogens with one attached hydrogen (secondary N) is 1. The van der Waals surface area contributed by atoms with Gasteiger partial charge in [-0.25, -0.2) is 0 Å². The molecule has 0 unspecified atom stereocenters. The van der Waals surface area contributed by atoms with Gasteiger partial charge >= 0.3 is 0 Å². The minimum atomic E-state index is -0.500. The summed E-state index contributed by atoms with van der Waals surface area (Å²) in [5.74, 6) is 0. The van der Waals surface area contributed by atoms with Crippen molar-refractivity contribution in [1.82, 2.24) is 5.32 Å². The van der Waals surface area contributed by atoms with Crippen LogP contribution < -0.4 is 5.32 Å². The van der Waals surface area contributed by atoms with E-state index < -0.39 is 5.60 Å². The molecule has 1 aliphatic rings. The van der Waals surface area contributed by atoms with Gasteiger partial charge in [0.05, 0.1) is 5.60 Å². The summed E-state index contributed by atoms with van der Waals surface area (Å²) in [7, 11) is 0. The highest BCUT2D eigenvalue weighted by Gasteiger charge is 2.28. The Bertz CT molecular complexity index is 361. The van der Waals surface area contributed by atoms with Gasteiger partial charge in [0.15, 0.2) is 0 Å². The largest absolute Gasteiger partial charge is 0.389 e. The van der Waals surface area contributed by atoms with Crippen LogP contribution in [0.15, 0.2) is 24.3 Å². The smallest absolute Gasteiger partial charge is 0.0771 e. The average Bonchev–Trinajstić information content (AvgIpc) is 2.32. The minimum Gasteiger partial charge on any atom is -0.389 e. The van der Waals surface area contributed by atoms with Crippen LogP contribution in [0.1, 0.15) is 37.7 Å². The monoisotopic (exact) mass is 253 g/mol. The topological polar surface area (TPSA) is 32.3 Å². The summed E-state index contributed by atoms with van der Waals surface area (Å²) < 4.78 is 0. The number of halogens is 1. The molecule has 1 aromatic carbocycles. The average molecular weight is 254 g/mol. The molecule has 1 aliphatic carbocycles. The van der Waals surface area contributed by atoms with Crippen LogP contribution in [0.25, 0.3) is 0 Å². The SMILES string of the molecule is OC1(CNCc2ccccc2Cl)CCCCC1. The van der Waals surface area contributed by atoms with Crippen molar-refractivity contribution in [3.63, 3.8) is 0 Å². The lowest BCUT2D eigenvalue weighted by Gasteiger charge is -2.32. The Morgan fingerprint density at radius 3 is 2.59 bits per heavy atom. The van der Waals surface area contributed by atoms with Crippen LogP contribution in [0, 0.1) is 0 Å². The molecule has 0 bridgehead atoms. The van der Waals surface area contributed by atoms with Crippen molar-refractivity contribution in [1.29, 1.82) is 0 Å². The van der Waals surface area contributed by atoms with Gasteiger partial charge < -0.3 is 10.4 Å². The van der Waals surface area contributed by atoms with E-state index in [9.17, 15) is 5.11 Å². The van der Waals surface area contributed by atoms with Crippen molar-refractivity contribution in [2.24, 2.45) is 0 Å². The fourth-order valence-electron chi connectivity index (χ4n) is 2.46. The maximum absolute atomic E-state index is 10.3. The van der Waals surface area contributed by atoms with Crippen LogP contribution in [0.3, 0.4) is 0 Å². The quantitative estimate of drug-likeness (QED) is 0.864. The molecule has 1 saturated carbocycles. The van der Waals surface area contributed by atoms with Crippen molar-refractivity contribution >= 4 is 11.6 Å². The summed E-state index contributed by atoms with van der Waals surface area (Å²) in [6.07, 6.45) is 5.38. The second kappa shape index (κ2) is 5.85. The number of aliphatic hydroxyl groups is 1. The Labute approximate surface area is 108 Å². The highest BCUT2D eigenvalue weighted by molar-refractivity contribution is 6.31. The molecule has 0 spiro atoms. The molecule has 2 N–H and O–H groups in total. The maximum Gasteiger partial charge on any atom is 0.0771 e. The van der Waals surface area contributed by atoms with E-state index in [2.05, 4.69) is 5.32 Å². The second-order valence-corrected chi connectivity index (χ2v) is 5.39. The van der Waals surface area contributed by atoms with Gasteiger partial charge in [0.1, 0.15) is 0 Å². The Balaban J connectivity index is 1.81. The van der Waals surface area contributed by atoms with Gasteiger partial charge in [0, 0.05) is 18.1 Å². The normalized spacial score (nSPS) is 19.2. The minimum absolute atomic E-state index is 0.500. The zero-order valence-electron chi connectivity index (χ0n) is 10.1. The third-order valence-electron chi connectivity index (χ3n) is 3.51. The van der Waals surface area contributed by atoms with Crippen molar-refractivity contribution in [2.45, 2.75) is 44.2 Å². The Hall–Kier alpha value is -0.570. The Morgan fingerprint density at radius 1 is 1.18 bits per heavy atom. The third-order valence-corrected chi connectivity index (χ3v) is 3.88. The van der Waals surface area contributed by atoms with Gasteiger partial charge in [0.25, 0.3) is 0 Å². The van der Waals surface area contributed by atoms with Crippen molar-refractivity contribution in [3.8, 4) is 0 Å². The van der Waals surface area contributed by atoms with Gasteiger partial charge in [0.2, 0.25) is 0 Å². The zero-order valence-corrected chi connectivity index (χ0v) is 10.8. The molecule has 1 aromatic rings. The van der Waals surface area contributed by atoms with Gasteiger partial charge in [-0.05, 0) is 24.5 Å². The first kappa shape index (κ1) is 12.9. The van der Waals surface area contributed by atoms with Crippen molar-refractivity contribution < 1.29 is 5.11 Å². The Morgan fingerprint density at radius 2 is 1.88 bits per heavy atom. The number of benzene rings is 1. The van der Waals surface area contributed by atoms with Crippen molar-refractivity contribution in [2.75, 3.05) is 6.54 Å². The Kier molecular flexibility index (Phi) is 4.43. The van der Waals surface area contributed by atoms with E-state index in [1.54, 1.807) is 0 Å². The fourth-order valence-corrected chi connectivity index (χ4v) is 2.66. The summed E-state index contributed by atoms with van der Waals surface area (Å²) in [4.78, 5) is 0. The van der Waals surface area contributed by atoms with Crippen LogP contribution in [-0.4, -0.2) is 17.3 Å². The fraction of sp³-hybridized carbons (Fsp3) is 0.571. The molecule has 2 rings (SSSR count). The van der Waals surface area contributed by atoms with Gasteiger partial charge in [-0.1, -0.05) is 49.1 Å². The second-order valence-electron chi connectivity index (χ2n) is 4.98. The molecule has 1 fully saturated rings. The first-order valence-corrected chi connectivity index (χ1v) is 6.74. The molecular weight excluding hydrogens is 234 g/mol. The van der Waals surface area contributed by atoms with E-state index >= 15 is 0 Å². The van der Waals surface area contributed by atoms with E-state index in [0.717, 1.165) is 42.8 Å². The van der Waals surface area contributed by atoms with Crippen molar-refractivity contribution in [3.05, 3.63) is 34.9 Å². The summed E-state index contributed by atoms with van der Waals surface area (Å²) in [6.45, 7) is 1.39. The zero-order chi connectivity index (χ0) is 12.1. The number of hydrogen-bond donors (Lipinski definition) is 2. The highest BCUT2D eigenvalue weighted by atomic mass is 35.5. The molecule has 0 atom stereocenters. The van der Waals surface area contributed by atoms with E-state index in [1.165, 1.54) is 6.42 Å². The molecule has 0 amide bonds. The lowest BCUT2D eigenvalue weighted by molar-refractivity contribution is 0.00468. The number of rotatable bonds is 4. The van der Waals surface area contributed by atoms with Gasteiger partial charge in [-0.2, -0.15) is 0 Å². The van der Waals surface area contributed by atoms with Crippen LogP contribution >= 0.6 is 11.6 Å². The standard InChI is InChI=1S/C14H20ClNO/c15-13-7-3-2-6-12(13)10-16-11-14(17)8-4-1-5-9-14/h2-3,6-7,16-17H,1,4-5,8-11H2. The summed E-state index contributed by atoms with van der Waals surface area (Å²) >= 11 is 6.08. The van der Waals surface area contributed by atoms with Crippen LogP contribution in [0.5, 0.6) is 0 Å². The number of hydrogen-bond acceptors (Lipinski definition) is 2. The molecule has 17 heavy (non-hydrogen) atoms. The molecule has 2 nitrogen and oxygen atoms in total.